The standard InChI is InChI=1S/C10H17N3O4/c14-7-5-11-9-3-1-2-4-10(9,13(16)17)12-6-8-15/h1-4,9,11-12,14-15H,5-8H2. The van der Waals surface area contributed by atoms with Gasteiger partial charge >= 0.3 is 5.66 Å². The molecule has 7 nitrogen and oxygen atoms in total. The number of aliphatic hydroxyl groups excluding tert-OH is 2. The number of allylic oxidation sites excluding steroid dienone is 2. The highest BCUT2D eigenvalue weighted by atomic mass is 16.6. The summed E-state index contributed by atoms with van der Waals surface area (Å²) in [6.45, 7) is 0.109. The summed E-state index contributed by atoms with van der Waals surface area (Å²) in [5.41, 5.74) is -1.48. The Morgan fingerprint density at radius 1 is 1.29 bits per heavy atom. The minimum Gasteiger partial charge on any atom is -0.395 e. The average Bonchev–Trinajstić information content (AvgIpc) is 2.34. The average molecular weight is 243 g/mol. The molecule has 0 saturated carbocycles. The Labute approximate surface area is 99.0 Å². The highest BCUT2D eigenvalue weighted by Crippen LogP contribution is 2.19. The van der Waals surface area contributed by atoms with Gasteiger partial charge in [-0.25, -0.2) is 5.32 Å². The molecule has 0 spiro atoms. The summed E-state index contributed by atoms with van der Waals surface area (Å²) in [7, 11) is 0. The van der Waals surface area contributed by atoms with Gasteiger partial charge in [-0.3, -0.25) is 10.1 Å². The third-order valence-electron chi connectivity index (χ3n) is 2.54. The first-order chi connectivity index (χ1) is 8.17. The van der Waals surface area contributed by atoms with E-state index in [0.717, 1.165) is 0 Å². The largest absolute Gasteiger partial charge is 0.395 e. The molecular formula is C10H17N3O4. The lowest BCUT2D eigenvalue weighted by Crippen LogP contribution is -2.64. The fourth-order valence-electron chi connectivity index (χ4n) is 1.74. The third kappa shape index (κ3) is 3.10. The van der Waals surface area contributed by atoms with Crippen LogP contribution in [0.3, 0.4) is 0 Å². The van der Waals surface area contributed by atoms with Gasteiger partial charge in [-0.1, -0.05) is 18.2 Å². The molecule has 17 heavy (non-hydrogen) atoms. The summed E-state index contributed by atoms with van der Waals surface area (Å²) in [5, 5.41) is 34.3. The Balaban J connectivity index is 2.85. The first kappa shape index (κ1) is 13.8. The summed E-state index contributed by atoms with van der Waals surface area (Å²) in [5.74, 6) is 0. The molecule has 1 aliphatic carbocycles. The molecule has 0 heterocycles. The lowest BCUT2D eigenvalue weighted by atomic mass is 9.95. The Hall–Kier alpha value is -1.28. The normalized spacial score (nSPS) is 27.3. The molecule has 1 aliphatic rings. The minimum absolute atomic E-state index is 0.0954. The smallest absolute Gasteiger partial charge is 0.313 e. The van der Waals surface area contributed by atoms with Crippen LogP contribution in [0.1, 0.15) is 0 Å². The molecule has 0 aromatic carbocycles. The molecule has 1 rings (SSSR count). The summed E-state index contributed by atoms with van der Waals surface area (Å²) in [6, 6.07) is -0.568. The van der Waals surface area contributed by atoms with Crippen LogP contribution in [-0.2, 0) is 0 Å². The number of rotatable bonds is 7. The van der Waals surface area contributed by atoms with Gasteiger partial charge in [0, 0.05) is 24.1 Å². The van der Waals surface area contributed by atoms with E-state index in [9.17, 15) is 10.1 Å². The van der Waals surface area contributed by atoms with Crippen molar-refractivity contribution < 1.29 is 15.1 Å². The van der Waals surface area contributed by atoms with E-state index in [4.69, 9.17) is 10.2 Å². The van der Waals surface area contributed by atoms with Crippen molar-refractivity contribution in [1.82, 2.24) is 10.6 Å². The molecule has 0 amide bonds. The van der Waals surface area contributed by atoms with Crippen LogP contribution in [0.5, 0.6) is 0 Å². The van der Waals surface area contributed by atoms with Crippen molar-refractivity contribution in [2.75, 3.05) is 26.3 Å². The predicted molar refractivity (Wildman–Crippen MR) is 62.0 cm³/mol. The second kappa shape index (κ2) is 6.45. The maximum atomic E-state index is 11.2. The first-order valence-corrected chi connectivity index (χ1v) is 5.38. The Morgan fingerprint density at radius 3 is 2.59 bits per heavy atom. The molecular weight excluding hydrogens is 226 g/mol. The molecule has 2 unspecified atom stereocenters. The fourth-order valence-corrected chi connectivity index (χ4v) is 1.74. The SMILES string of the molecule is O=[N+]([O-])C1(NCCO)C=CC=CC1NCCO. The monoisotopic (exact) mass is 243 g/mol. The highest BCUT2D eigenvalue weighted by Gasteiger charge is 2.47. The quantitative estimate of drug-likeness (QED) is 0.249. The molecule has 0 aliphatic heterocycles. The van der Waals surface area contributed by atoms with E-state index in [2.05, 4.69) is 10.6 Å². The number of hydrogen-bond acceptors (Lipinski definition) is 6. The first-order valence-electron chi connectivity index (χ1n) is 5.38. The van der Waals surface area contributed by atoms with Crippen LogP contribution >= 0.6 is 0 Å². The number of nitrogens with one attached hydrogen (secondary N) is 2. The maximum absolute atomic E-state index is 11.2. The number of hydrogen-bond donors (Lipinski definition) is 4. The third-order valence-corrected chi connectivity index (χ3v) is 2.54. The fraction of sp³-hybridized carbons (Fsp3) is 0.600. The van der Waals surface area contributed by atoms with E-state index < -0.39 is 16.6 Å². The zero-order valence-electron chi connectivity index (χ0n) is 9.37. The van der Waals surface area contributed by atoms with Gasteiger partial charge < -0.3 is 15.5 Å². The Morgan fingerprint density at radius 2 is 2.00 bits per heavy atom. The zero-order chi connectivity index (χ0) is 12.7. The lowest BCUT2D eigenvalue weighted by Gasteiger charge is -2.31. The van der Waals surface area contributed by atoms with Crippen molar-refractivity contribution in [1.29, 1.82) is 0 Å². The van der Waals surface area contributed by atoms with Gasteiger partial charge in [-0.05, 0) is 0 Å². The molecule has 0 radical (unpaired) electrons. The molecule has 96 valence electrons. The topological polar surface area (TPSA) is 108 Å². The van der Waals surface area contributed by atoms with Gasteiger partial charge in [0.25, 0.3) is 0 Å². The van der Waals surface area contributed by atoms with Crippen LogP contribution in [0, 0.1) is 10.1 Å². The van der Waals surface area contributed by atoms with E-state index in [1.54, 1.807) is 18.2 Å². The van der Waals surface area contributed by atoms with Crippen molar-refractivity contribution in [2.45, 2.75) is 11.7 Å². The van der Waals surface area contributed by atoms with Crippen molar-refractivity contribution >= 4 is 0 Å². The zero-order valence-corrected chi connectivity index (χ0v) is 9.37. The molecule has 0 aromatic rings. The molecule has 0 bridgehead atoms. The van der Waals surface area contributed by atoms with E-state index >= 15 is 0 Å². The molecule has 7 heteroatoms. The van der Waals surface area contributed by atoms with Crippen LogP contribution in [0.4, 0.5) is 0 Å². The molecule has 0 aromatic heterocycles. The van der Waals surface area contributed by atoms with Crippen molar-refractivity contribution in [3.05, 3.63) is 34.4 Å². The summed E-state index contributed by atoms with van der Waals surface area (Å²) >= 11 is 0. The number of aliphatic hydroxyl groups is 2. The van der Waals surface area contributed by atoms with Crippen LogP contribution in [0.25, 0.3) is 0 Å². The van der Waals surface area contributed by atoms with Crippen LogP contribution in [0.2, 0.25) is 0 Å². The number of nitro groups is 1. The summed E-state index contributed by atoms with van der Waals surface area (Å²) in [6.07, 6.45) is 6.39. The lowest BCUT2D eigenvalue weighted by molar-refractivity contribution is -0.566. The molecule has 4 N–H and O–H groups in total. The van der Waals surface area contributed by atoms with Crippen molar-refractivity contribution in [2.24, 2.45) is 0 Å². The van der Waals surface area contributed by atoms with E-state index in [-0.39, 0.29) is 26.3 Å². The maximum Gasteiger partial charge on any atom is 0.313 e. The second-order valence-corrected chi connectivity index (χ2v) is 3.63. The van der Waals surface area contributed by atoms with Crippen LogP contribution in [0.15, 0.2) is 24.3 Å². The van der Waals surface area contributed by atoms with Gasteiger partial charge in [0.2, 0.25) is 0 Å². The van der Waals surface area contributed by atoms with Crippen molar-refractivity contribution in [3.8, 4) is 0 Å². The highest BCUT2D eigenvalue weighted by molar-refractivity contribution is 5.24. The summed E-state index contributed by atoms with van der Waals surface area (Å²) < 4.78 is 0. The van der Waals surface area contributed by atoms with E-state index in [1.165, 1.54) is 6.08 Å². The van der Waals surface area contributed by atoms with Gasteiger partial charge in [-0.2, -0.15) is 0 Å². The van der Waals surface area contributed by atoms with E-state index in [1.807, 2.05) is 0 Å². The van der Waals surface area contributed by atoms with Gasteiger partial charge in [0.05, 0.1) is 13.2 Å². The van der Waals surface area contributed by atoms with E-state index in [0.29, 0.717) is 0 Å². The molecule has 0 saturated heterocycles. The van der Waals surface area contributed by atoms with Crippen molar-refractivity contribution in [3.63, 3.8) is 0 Å². The number of nitrogens with zero attached hydrogens (tertiary/aromatic N) is 1. The van der Waals surface area contributed by atoms with Crippen LogP contribution in [-0.4, -0.2) is 53.1 Å². The van der Waals surface area contributed by atoms with Gasteiger partial charge in [-0.15, -0.1) is 0 Å². The molecule has 2 atom stereocenters. The minimum atomic E-state index is -1.48. The van der Waals surface area contributed by atoms with Gasteiger partial charge in [0.1, 0.15) is 6.04 Å². The summed E-state index contributed by atoms with van der Waals surface area (Å²) in [4.78, 5) is 10.8. The molecule has 0 fully saturated rings. The Kier molecular flexibility index (Phi) is 5.23. The Bertz CT molecular complexity index is 319. The predicted octanol–water partition coefficient (Wildman–Crippen LogP) is -1.38. The van der Waals surface area contributed by atoms with Gasteiger partial charge in [0.15, 0.2) is 0 Å². The van der Waals surface area contributed by atoms with Crippen LogP contribution < -0.4 is 10.6 Å². The second-order valence-electron chi connectivity index (χ2n) is 3.63.